The smallest absolute Gasteiger partial charge is 0.335 e. The molecule has 0 aromatic carbocycles. The highest BCUT2D eigenvalue weighted by molar-refractivity contribution is 5.74. The van der Waals surface area contributed by atoms with Gasteiger partial charge in [-0.25, -0.2) is 4.79 Å². The second-order valence-electron chi connectivity index (χ2n) is 21.3. The summed E-state index contributed by atoms with van der Waals surface area (Å²) in [5.74, 6) is -3.13. The van der Waals surface area contributed by atoms with E-state index in [0.717, 1.165) is 122 Å². The third kappa shape index (κ3) is 43.0. The van der Waals surface area contributed by atoms with Crippen molar-refractivity contribution in [3.05, 3.63) is 60.8 Å². The van der Waals surface area contributed by atoms with Crippen LogP contribution in [-0.2, 0) is 42.9 Å². The first-order valence-electron chi connectivity index (χ1n) is 31.3. The zero-order chi connectivity index (χ0) is 56.1. The molecule has 3 N–H and O–H groups in total. The summed E-state index contributed by atoms with van der Waals surface area (Å²) in [6.07, 6.45) is 53.2. The van der Waals surface area contributed by atoms with Crippen molar-refractivity contribution in [1.29, 1.82) is 0 Å². The van der Waals surface area contributed by atoms with Gasteiger partial charge in [-0.15, -0.1) is 0 Å². The van der Waals surface area contributed by atoms with Crippen molar-refractivity contribution >= 4 is 23.9 Å². The highest BCUT2D eigenvalue weighted by Gasteiger charge is 2.50. The number of esters is 3. The van der Waals surface area contributed by atoms with Crippen molar-refractivity contribution in [1.82, 2.24) is 0 Å². The Morgan fingerprint density at radius 3 is 1.26 bits per heavy atom. The van der Waals surface area contributed by atoms with Gasteiger partial charge >= 0.3 is 23.9 Å². The highest BCUT2D eigenvalue weighted by Crippen LogP contribution is 2.26. The van der Waals surface area contributed by atoms with E-state index in [1.807, 2.05) is 0 Å². The minimum absolute atomic E-state index is 0.0502. The van der Waals surface area contributed by atoms with E-state index >= 15 is 0 Å². The van der Waals surface area contributed by atoms with Crippen molar-refractivity contribution in [3.8, 4) is 0 Å². The zero-order valence-corrected chi connectivity index (χ0v) is 49.0. The van der Waals surface area contributed by atoms with Gasteiger partial charge < -0.3 is 39.0 Å². The summed E-state index contributed by atoms with van der Waals surface area (Å²) >= 11 is 0. The van der Waals surface area contributed by atoms with Gasteiger partial charge in [0.25, 0.3) is 0 Å². The van der Waals surface area contributed by atoms with E-state index in [1.165, 1.54) is 96.3 Å². The molecule has 12 nitrogen and oxygen atoms in total. The lowest BCUT2D eigenvalue weighted by molar-refractivity contribution is -0.301. The lowest BCUT2D eigenvalue weighted by atomic mass is 9.98. The molecule has 0 aromatic heterocycles. The van der Waals surface area contributed by atoms with Gasteiger partial charge in [-0.3, -0.25) is 14.4 Å². The van der Waals surface area contributed by atoms with Crippen LogP contribution in [0.1, 0.15) is 278 Å². The lowest BCUT2D eigenvalue weighted by Gasteiger charge is -2.40. The van der Waals surface area contributed by atoms with E-state index in [1.54, 1.807) is 0 Å². The first-order valence-corrected chi connectivity index (χ1v) is 31.3. The van der Waals surface area contributed by atoms with Crippen LogP contribution in [0.5, 0.6) is 0 Å². The fraction of sp³-hybridized carbons (Fsp3) is 0.785. The molecule has 77 heavy (non-hydrogen) atoms. The number of carboxylic acid groups (broad SMARTS) is 1. The molecule has 6 atom stereocenters. The van der Waals surface area contributed by atoms with Crippen LogP contribution >= 0.6 is 0 Å². The van der Waals surface area contributed by atoms with E-state index in [0.29, 0.717) is 19.3 Å². The van der Waals surface area contributed by atoms with Gasteiger partial charge in [-0.2, -0.15) is 0 Å². The van der Waals surface area contributed by atoms with Crippen LogP contribution in [0.3, 0.4) is 0 Å². The number of hydrogen-bond acceptors (Lipinski definition) is 11. The number of aliphatic hydroxyl groups is 2. The largest absolute Gasteiger partial charge is 0.479 e. The number of unbranched alkanes of at least 4 members (excludes halogenated alkanes) is 29. The maximum atomic E-state index is 13.2. The van der Waals surface area contributed by atoms with Gasteiger partial charge in [-0.05, 0) is 83.5 Å². The van der Waals surface area contributed by atoms with E-state index < -0.39 is 67.3 Å². The van der Waals surface area contributed by atoms with Crippen molar-refractivity contribution < 1.29 is 58.2 Å². The van der Waals surface area contributed by atoms with Crippen molar-refractivity contribution in [2.45, 2.75) is 314 Å². The number of ether oxygens (including phenoxy) is 5. The van der Waals surface area contributed by atoms with Crippen LogP contribution < -0.4 is 0 Å². The van der Waals surface area contributed by atoms with Crippen molar-refractivity contribution in [2.24, 2.45) is 0 Å². The van der Waals surface area contributed by atoms with Crippen LogP contribution in [0, 0.1) is 0 Å². The van der Waals surface area contributed by atoms with Gasteiger partial charge in [-0.1, -0.05) is 236 Å². The lowest BCUT2D eigenvalue weighted by Crippen LogP contribution is -2.61. The van der Waals surface area contributed by atoms with E-state index in [-0.39, 0.29) is 25.9 Å². The average Bonchev–Trinajstić information content (AvgIpc) is 3.42. The molecule has 6 unspecified atom stereocenters. The van der Waals surface area contributed by atoms with Gasteiger partial charge in [0.2, 0.25) is 0 Å². The fourth-order valence-corrected chi connectivity index (χ4v) is 9.30. The molecule has 1 saturated heterocycles. The summed E-state index contributed by atoms with van der Waals surface area (Å²) in [5, 5.41) is 31.5. The molecule has 0 aromatic rings. The number of aliphatic carboxylic acids is 1. The number of carbonyl (C=O) groups is 4. The summed E-state index contributed by atoms with van der Waals surface area (Å²) in [6.45, 7) is 5.88. The Morgan fingerprint density at radius 1 is 0.442 bits per heavy atom. The van der Waals surface area contributed by atoms with Crippen LogP contribution in [0.4, 0.5) is 0 Å². The highest BCUT2D eigenvalue weighted by atomic mass is 16.7. The molecule has 1 rings (SSSR count). The number of hydrogen-bond donors (Lipinski definition) is 3. The Labute approximate surface area is 468 Å². The first kappa shape index (κ1) is 71.4. The second-order valence-corrected chi connectivity index (χ2v) is 21.3. The molecule has 0 bridgehead atoms. The van der Waals surface area contributed by atoms with E-state index in [4.69, 9.17) is 23.7 Å². The topological polar surface area (TPSA) is 175 Å². The van der Waals surface area contributed by atoms with Crippen LogP contribution in [-0.4, -0.2) is 89.2 Å². The Balaban J connectivity index is 2.67. The fourth-order valence-electron chi connectivity index (χ4n) is 9.30. The Hall–Kier alpha value is -3.58. The van der Waals surface area contributed by atoms with Crippen LogP contribution in [0.25, 0.3) is 0 Å². The number of carbonyl (C=O) groups excluding carboxylic acids is 3. The van der Waals surface area contributed by atoms with E-state index in [2.05, 4.69) is 81.5 Å². The molecule has 12 heteroatoms. The molecule has 0 aliphatic carbocycles. The van der Waals surface area contributed by atoms with Crippen LogP contribution in [0.15, 0.2) is 60.8 Å². The quantitative estimate of drug-likeness (QED) is 0.0228. The summed E-state index contributed by atoms with van der Waals surface area (Å²) < 4.78 is 28.5. The average molecular weight is 1090 g/mol. The summed E-state index contributed by atoms with van der Waals surface area (Å²) in [7, 11) is 0. The van der Waals surface area contributed by atoms with Gasteiger partial charge in [0.05, 0.1) is 6.61 Å². The Morgan fingerprint density at radius 2 is 0.818 bits per heavy atom. The predicted octanol–water partition coefficient (Wildman–Crippen LogP) is 16.3. The summed E-state index contributed by atoms with van der Waals surface area (Å²) in [5.41, 5.74) is 0. The molecule has 1 aliphatic heterocycles. The van der Waals surface area contributed by atoms with Gasteiger partial charge in [0.1, 0.15) is 18.8 Å². The molecule has 1 aliphatic rings. The SMILES string of the molecule is CC/C=C\C/C=C\C/C=C\C/C=C\CCCCCCCCC(=O)OCC(COC1OC(C(=O)O)C(O)C(O)C1OC(=O)CCCCCCC/C=C\CCCCCCCC)OC(=O)CCCCCCCCCCCCCCC. The molecule has 0 spiro atoms. The Kier molecular flexibility index (Phi) is 49.2. The predicted molar refractivity (Wildman–Crippen MR) is 312 cm³/mol. The third-order valence-corrected chi connectivity index (χ3v) is 14.1. The monoisotopic (exact) mass is 1080 g/mol. The summed E-state index contributed by atoms with van der Waals surface area (Å²) in [4.78, 5) is 51.2. The maximum absolute atomic E-state index is 13.2. The number of allylic oxidation sites excluding steroid dienone is 10. The molecular weight excluding hydrogens is 973 g/mol. The normalized spacial score (nSPS) is 18.4. The minimum atomic E-state index is -1.91. The second kappa shape index (κ2) is 53.1. The van der Waals surface area contributed by atoms with Crippen molar-refractivity contribution in [2.75, 3.05) is 13.2 Å². The molecule has 0 amide bonds. The molecule has 444 valence electrons. The Bertz CT molecular complexity index is 1570. The molecule has 1 heterocycles. The van der Waals surface area contributed by atoms with Crippen molar-refractivity contribution in [3.63, 3.8) is 0 Å². The first-order chi connectivity index (χ1) is 37.6. The minimum Gasteiger partial charge on any atom is -0.479 e. The third-order valence-electron chi connectivity index (χ3n) is 14.1. The van der Waals surface area contributed by atoms with Gasteiger partial charge in [0, 0.05) is 19.3 Å². The molecular formula is C65H112O12. The molecule has 0 saturated carbocycles. The van der Waals surface area contributed by atoms with Crippen LogP contribution in [0.2, 0.25) is 0 Å². The number of aliphatic hydroxyl groups excluding tert-OH is 2. The zero-order valence-electron chi connectivity index (χ0n) is 49.0. The number of carboxylic acids is 1. The standard InChI is InChI=1S/C65H112O12/c1-4-7-10-13-16-19-22-25-27-28-29-30-32-34-36-39-42-45-48-51-57(66)73-54-56(75-58(67)52-49-46-43-40-37-33-24-21-18-15-12-9-6-3)55-74-65-63(61(70)60(69)62(77-65)64(71)72)76-59(68)53-50-47-44-41-38-35-31-26-23-20-17-14-11-8-5-2/h7,10,16,19,25-27,29-31,56,60-63,65,69-70H,4-6,8-9,11-15,17-18,20-24,28,32-55H2,1-3H3,(H,71,72)/b10-7-,19-16-,27-25-,30-29-,31-26-. The molecule has 0 radical (unpaired) electrons. The molecule has 1 fully saturated rings. The summed E-state index contributed by atoms with van der Waals surface area (Å²) in [6, 6.07) is 0. The van der Waals surface area contributed by atoms with Gasteiger partial charge in [0.15, 0.2) is 24.6 Å². The van der Waals surface area contributed by atoms with E-state index in [9.17, 15) is 34.5 Å². The maximum Gasteiger partial charge on any atom is 0.335 e. The number of rotatable bonds is 53.